The summed E-state index contributed by atoms with van der Waals surface area (Å²) in [6, 6.07) is 4.54. The van der Waals surface area contributed by atoms with Crippen molar-refractivity contribution in [2.24, 2.45) is 0 Å². The first-order valence-corrected chi connectivity index (χ1v) is 9.26. The highest BCUT2D eigenvalue weighted by molar-refractivity contribution is 5.91. The average molecular weight is 412 g/mol. The van der Waals surface area contributed by atoms with Gasteiger partial charge in [0.1, 0.15) is 0 Å². The van der Waals surface area contributed by atoms with Gasteiger partial charge in [-0.3, -0.25) is 4.68 Å². The molecular formula is C19H23F3N4O3. The Labute approximate surface area is 166 Å². The maximum Gasteiger partial charge on any atom is 0.435 e. The zero-order valence-corrected chi connectivity index (χ0v) is 16.2. The number of methoxy groups -OCH3 is 2. The number of rotatable bonds is 6. The van der Waals surface area contributed by atoms with Crippen LogP contribution in [0.4, 0.5) is 23.7 Å². The fraction of sp³-hybridized carbons (Fsp3) is 0.474. The van der Waals surface area contributed by atoms with Crippen molar-refractivity contribution in [2.75, 3.05) is 26.1 Å². The summed E-state index contributed by atoms with van der Waals surface area (Å²) in [5.41, 5.74) is 0.507. The Morgan fingerprint density at radius 1 is 1.21 bits per heavy atom. The van der Waals surface area contributed by atoms with Crippen molar-refractivity contribution >= 4 is 11.7 Å². The van der Waals surface area contributed by atoms with E-state index < -0.39 is 17.9 Å². The number of benzene rings is 1. The minimum atomic E-state index is -4.47. The maximum atomic E-state index is 13.2. The Bertz CT molecular complexity index is 880. The van der Waals surface area contributed by atoms with Gasteiger partial charge in [-0.15, -0.1) is 0 Å². The van der Waals surface area contributed by atoms with Crippen LogP contribution < -0.4 is 20.1 Å². The Morgan fingerprint density at radius 3 is 2.66 bits per heavy atom. The van der Waals surface area contributed by atoms with Gasteiger partial charge in [0, 0.05) is 17.8 Å². The number of hydrogen-bond donors (Lipinski definition) is 2. The van der Waals surface area contributed by atoms with E-state index in [1.54, 1.807) is 18.2 Å². The van der Waals surface area contributed by atoms with Crippen LogP contribution in [0.25, 0.3) is 0 Å². The summed E-state index contributed by atoms with van der Waals surface area (Å²) in [4.78, 5) is 12.2. The number of amides is 2. The minimum Gasteiger partial charge on any atom is -0.493 e. The van der Waals surface area contributed by atoms with E-state index in [-0.39, 0.29) is 18.7 Å². The Kier molecular flexibility index (Phi) is 6.19. The van der Waals surface area contributed by atoms with Gasteiger partial charge in [0.2, 0.25) is 0 Å². The summed E-state index contributed by atoms with van der Waals surface area (Å²) < 4.78 is 51.5. The van der Waals surface area contributed by atoms with E-state index in [1.165, 1.54) is 18.9 Å². The second kappa shape index (κ2) is 8.62. The molecule has 0 spiro atoms. The summed E-state index contributed by atoms with van der Waals surface area (Å²) in [7, 11) is 2.95. The van der Waals surface area contributed by atoms with Crippen molar-refractivity contribution in [3.05, 3.63) is 35.2 Å². The molecule has 2 amide bonds. The number of aromatic nitrogens is 2. The number of nitrogens with one attached hydrogen (secondary N) is 2. The summed E-state index contributed by atoms with van der Waals surface area (Å²) in [6.07, 6.45) is -1.97. The van der Waals surface area contributed by atoms with Crippen LogP contribution in [0.3, 0.4) is 0 Å². The number of halogens is 3. The van der Waals surface area contributed by atoms with Crippen LogP contribution in [-0.4, -0.2) is 36.6 Å². The summed E-state index contributed by atoms with van der Waals surface area (Å²) in [5.74, 6) is 0.842. The number of urea groups is 1. The number of fused-ring (bicyclic) bond motifs is 1. The fourth-order valence-electron chi connectivity index (χ4n) is 3.51. The number of ether oxygens (including phenoxy) is 2. The Morgan fingerprint density at radius 2 is 1.97 bits per heavy atom. The molecule has 0 fully saturated rings. The van der Waals surface area contributed by atoms with Gasteiger partial charge < -0.3 is 20.1 Å². The smallest absolute Gasteiger partial charge is 0.435 e. The maximum absolute atomic E-state index is 13.2. The molecule has 0 saturated carbocycles. The van der Waals surface area contributed by atoms with Crippen molar-refractivity contribution in [1.82, 2.24) is 15.1 Å². The lowest BCUT2D eigenvalue weighted by Gasteiger charge is -2.15. The first-order chi connectivity index (χ1) is 13.8. The van der Waals surface area contributed by atoms with Crippen LogP contribution in [0, 0.1) is 0 Å². The molecule has 7 nitrogen and oxygen atoms in total. The van der Waals surface area contributed by atoms with Gasteiger partial charge in [-0.2, -0.15) is 18.3 Å². The van der Waals surface area contributed by atoms with Crippen LogP contribution in [0.15, 0.2) is 18.2 Å². The minimum absolute atomic E-state index is 0.129. The van der Waals surface area contributed by atoms with Gasteiger partial charge >= 0.3 is 12.2 Å². The van der Waals surface area contributed by atoms with Gasteiger partial charge in [0.25, 0.3) is 0 Å². The van der Waals surface area contributed by atoms with E-state index in [0.717, 1.165) is 12.8 Å². The van der Waals surface area contributed by atoms with E-state index in [1.807, 2.05) is 0 Å². The molecule has 0 aliphatic heterocycles. The lowest BCUT2D eigenvalue weighted by atomic mass is 9.95. The highest BCUT2D eigenvalue weighted by Crippen LogP contribution is 2.36. The summed E-state index contributed by atoms with van der Waals surface area (Å²) >= 11 is 0. The third-order valence-electron chi connectivity index (χ3n) is 4.79. The molecule has 1 aromatic carbocycles. The van der Waals surface area contributed by atoms with E-state index >= 15 is 0 Å². The standard InChI is InChI=1S/C19H23F3N4O3/c1-28-15-9-5-7-13(16(15)29-2)24-18(27)23-10-11-26-14-8-4-3-6-12(14)17(25-26)19(20,21)22/h5,7,9H,3-4,6,8,10-11H2,1-2H3,(H2,23,24,27). The molecule has 0 bridgehead atoms. The average Bonchev–Trinajstić information content (AvgIpc) is 3.07. The van der Waals surface area contributed by atoms with E-state index in [0.29, 0.717) is 35.7 Å². The molecule has 10 heteroatoms. The van der Waals surface area contributed by atoms with Crippen molar-refractivity contribution in [1.29, 1.82) is 0 Å². The number of alkyl halides is 3. The number of carbonyl (C=O) groups is 1. The van der Waals surface area contributed by atoms with Crippen molar-refractivity contribution in [3.8, 4) is 11.5 Å². The number of para-hydroxylation sites is 1. The fourth-order valence-corrected chi connectivity index (χ4v) is 3.51. The topological polar surface area (TPSA) is 77.4 Å². The number of carbonyl (C=O) groups excluding carboxylic acids is 1. The van der Waals surface area contributed by atoms with Crippen LogP contribution in [-0.2, 0) is 25.6 Å². The number of hydrogen-bond acceptors (Lipinski definition) is 4. The SMILES string of the molecule is COc1cccc(NC(=O)NCCn2nc(C(F)(F)F)c3c2CCCC3)c1OC. The molecule has 0 radical (unpaired) electrons. The monoisotopic (exact) mass is 412 g/mol. The second-order valence-electron chi connectivity index (χ2n) is 6.62. The predicted molar refractivity (Wildman–Crippen MR) is 100 cm³/mol. The molecular weight excluding hydrogens is 389 g/mol. The largest absolute Gasteiger partial charge is 0.493 e. The van der Waals surface area contributed by atoms with E-state index in [2.05, 4.69) is 15.7 Å². The van der Waals surface area contributed by atoms with Crippen LogP contribution in [0.1, 0.15) is 29.8 Å². The first-order valence-electron chi connectivity index (χ1n) is 9.26. The number of anilines is 1. The van der Waals surface area contributed by atoms with Gasteiger partial charge in [0.15, 0.2) is 17.2 Å². The molecule has 1 aromatic heterocycles. The lowest BCUT2D eigenvalue weighted by molar-refractivity contribution is -0.142. The molecule has 0 saturated heterocycles. The third kappa shape index (κ3) is 4.57. The summed E-state index contributed by atoms with van der Waals surface area (Å²) in [6.45, 7) is 0.282. The first kappa shape index (κ1) is 20.8. The molecule has 2 aromatic rings. The van der Waals surface area contributed by atoms with E-state index in [9.17, 15) is 18.0 Å². The quantitative estimate of drug-likeness (QED) is 0.760. The molecule has 0 unspecified atom stereocenters. The molecule has 0 atom stereocenters. The second-order valence-corrected chi connectivity index (χ2v) is 6.62. The molecule has 3 rings (SSSR count). The molecule has 1 aliphatic carbocycles. The molecule has 158 valence electrons. The Balaban J connectivity index is 1.64. The highest BCUT2D eigenvalue weighted by atomic mass is 19.4. The lowest BCUT2D eigenvalue weighted by Crippen LogP contribution is -2.32. The summed E-state index contributed by atoms with van der Waals surface area (Å²) in [5, 5.41) is 9.06. The molecule has 1 heterocycles. The third-order valence-corrected chi connectivity index (χ3v) is 4.79. The highest BCUT2D eigenvalue weighted by Gasteiger charge is 2.39. The van der Waals surface area contributed by atoms with E-state index in [4.69, 9.17) is 9.47 Å². The predicted octanol–water partition coefficient (Wildman–Crippen LogP) is 3.62. The van der Waals surface area contributed by atoms with Crippen molar-refractivity contribution < 1.29 is 27.4 Å². The normalized spacial score (nSPS) is 13.6. The van der Waals surface area contributed by atoms with Crippen molar-refractivity contribution in [2.45, 2.75) is 38.4 Å². The van der Waals surface area contributed by atoms with Crippen LogP contribution in [0.5, 0.6) is 11.5 Å². The van der Waals surface area contributed by atoms with Gasteiger partial charge in [-0.1, -0.05) is 6.07 Å². The zero-order valence-electron chi connectivity index (χ0n) is 16.2. The number of nitrogens with zero attached hydrogens (tertiary/aromatic N) is 2. The molecule has 1 aliphatic rings. The molecule has 2 N–H and O–H groups in total. The molecule has 29 heavy (non-hydrogen) atoms. The van der Waals surface area contributed by atoms with Gasteiger partial charge in [-0.25, -0.2) is 4.79 Å². The van der Waals surface area contributed by atoms with Crippen molar-refractivity contribution in [3.63, 3.8) is 0 Å². The van der Waals surface area contributed by atoms with Crippen LogP contribution >= 0.6 is 0 Å². The van der Waals surface area contributed by atoms with Crippen LogP contribution in [0.2, 0.25) is 0 Å². The zero-order chi connectivity index (χ0) is 21.0. The van der Waals surface area contributed by atoms with Gasteiger partial charge in [-0.05, 0) is 37.8 Å². The Hall–Kier alpha value is -2.91. The van der Waals surface area contributed by atoms with Gasteiger partial charge in [0.05, 0.1) is 26.5 Å².